The molecule has 1 aromatic heterocycles. The Morgan fingerprint density at radius 2 is 2.15 bits per heavy atom. The maximum Gasteiger partial charge on any atom is 0.481 e. The minimum Gasteiger partial charge on any atom is -0.464 e. The SMILES string of the molecule is CC1(C)C2CC3OB(C(Cc4coc5ccccc45)NC=O)OC3C1C2. The Kier molecular flexibility index (Phi) is 3.69. The summed E-state index contributed by atoms with van der Waals surface area (Å²) < 4.78 is 18.3. The summed E-state index contributed by atoms with van der Waals surface area (Å²) in [5.41, 5.74) is 2.26. The van der Waals surface area contributed by atoms with E-state index in [9.17, 15) is 4.79 Å². The summed E-state index contributed by atoms with van der Waals surface area (Å²) in [7, 11) is -0.404. The second kappa shape index (κ2) is 5.86. The van der Waals surface area contributed by atoms with E-state index in [0.717, 1.165) is 35.3 Å². The molecule has 1 aliphatic heterocycles. The van der Waals surface area contributed by atoms with Crippen LogP contribution in [0.1, 0.15) is 32.3 Å². The molecular weight excluding hydrogens is 329 g/mol. The van der Waals surface area contributed by atoms with Gasteiger partial charge in [0, 0.05) is 5.39 Å². The van der Waals surface area contributed by atoms with Crippen LogP contribution in [0, 0.1) is 17.3 Å². The largest absolute Gasteiger partial charge is 0.481 e. The van der Waals surface area contributed by atoms with Gasteiger partial charge in [-0.2, -0.15) is 0 Å². The Labute approximate surface area is 153 Å². The second-order valence-electron chi connectivity index (χ2n) is 8.59. The summed E-state index contributed by atoms with van der Waals surface area (Å²) in [5.74, 6) is 1.06. The third kappa shape index (κ3) is 2.35. The summed E-state index contributed by atoms with van der Waals surface area (Å²) >= 11 is 0. The molecule has 1 N–H and O–H groups in total. The van der Waals surface area contributed by atoms with Gasteiger partial charge in [-0.1, -0.05) is 32.0 Å². The Morgan fingerprint density at radius 1 is 1.31 bits per heavy atom. The lowest BCUT2D eigenvalue weighted by Crippen LogP contribution is -2.59. The number of benzene rings is 1. The van der Waals surface area contributed by atoms with Crippen molar-refractivity contribution in [2.45, 2.75) is 51.3 Å². The molecule has 1 amide bonds. The fourth-order valence-corrected chi connectivity index (χ4v) is 5.30. The maximum atomic E-state index is 11.2. The average molecular weight is 353 g/mol. The van der Waals surface area contributed by atoms with Gasteiger partial charge in [-0.3, -0.25) is 4.79 Å². The Hall–Kier alpha value is -1.79. The van der Waals surface area contributed by atoms with E-state index in [1.54, 1.807) is 6.26 Å². The number of amides is 1. The summed E-state index contributed by atoms with van der Waals surface area (Å²) in [6, 6.07) is 7.95. The number of rotatable bonds is 5. The molecule has 4 fully saturated rings. The van der Waals surface area contributed by atoms with Gasteiger partial charge < -0.3 is 19.0 Å². The molecule has 0 spiro atoms. The minimum atomic E-state index is -0.404. The van der Waals surface area contributed by atoms with Gasteiger partial charge in [0.15, 0.2) is 0 Å². The number of carbonyl (C=O) groups is 1. The van der Waals surface area contributed by atoms with E-state index >= 15 is 0 Å². The molecule has 26 heavy (non-hydrogen) atoms. The molecule has 2 aromatic rings. The molecule has 0 radical (unpaired) electrons. The van der Waals surface area contributed by atoms with Gasteiger partial charge in [0.2, 0.25) is 6.41 Å². The van der Waals surface area contributed by atoms with Crippen molar-refractivity contribution in [1.82, 2.24) is 5.32 Å². The van der Waals surface area contributed by atoms with Gasteiger partial charge in [-0.15, -0.1) is 0 Å². The highest BCUT2D eigenvalue weighted by Gasteiger charge is 2.62. The van der Waals surface area contributed by atoms with Crippen LogP contribution in [0.25, 0.3) is 11.0 Å². The Morgan fingerprint density at radius 3 is 2.96 bits per heavy atom. The van der Waals surface area contributed by atoms with Crippen LogP contribution in [0.5, 0.6) is 0 Å². The highest BCUT2D eigenvalue weighted by Crippen LogP contribution is 2.61. The standard InChI is InChI=1S/C20H24BNO4/c1-20(2)13-8-15(20)19-17(9-13)25-21(26-19)18(22-11-23)7-12-10-24-16-6-4-3-5-14(12)16/h3-6,10-11,13,15,17-19H,7-9H2,1-2H3,(H,22,23). The quantitative estimate of drug-likeness (QED) is 0.663. The monoisotopic (exact) mass is 353 g/mol. The van der Waals surface area contributed by atoms with E-state index in [1.165, 1.54) is 6.42 Å². The summed E-state index contributed by atoms with van der Waals surface area (Å²) in [5, 5.41) is 3.99. The second-order valence-corrected chi connectivity index (χ2v) is 8.59. The van der Waals surface area contributed by atoms with Crippen molar-refractivity contribution in [3.05, 3.63) is 36.1 Å². The molecule has 5 unspecified atom stereocenters. The Bertz CT molecular complexity index is 834. The van der Waals surface area contributed by atoms with Crippen LogP contribution in [0.3, 0.4) is 0 Å². The molecule has 2 bridgehead atoms. The fraction of sp³-hybridized carbons (Fsp3) is 0.550. The van der Waals surface area contributed by atoms with Crippen LogP contribution in [0.15, 0.2) is 34.9 Å². The first-order chi connectivity index (χ1) is 12.6. The number of hydrogen-bond donors (Lipinski definition) is 1. The Balaban J connectivity index is 1.36. The normalized spacial score (nSPS) is 32.8. The van der Waals surface area contributed by atoms with Gasteiger partial charge in [0.25, 0.3) is 0 Å². The van der Waals surface area contributed by atoms with Crippen molar-refractivity contribution in [1.29, 1.82) is 0 Å². The fourth-order valence-electron chi connectivity index (χ4n) is 5.30. The molecule has 2 heterocycles. The molecule has 3 aliphatic carbocycles. The molecule has 1 aromatic carbocycles. The number of fused-ring (bicyclic) bond motifs is 1. The zero-order valence-corrected chi connectivity index (χ0v) is 15.2. The van der Waals surface area contributed by atoms with Crippen LogP contribution in [0.2, 0.25) is 0 Å². The lowest BCUT2D eigenvalue weighted by atomic mass is 9.47. The topological polar surface area (TPSA) is 60.7 Å². The zero-order chi connectivity index (χ0) is 17.9. The van der Waals surface area contributed by atoms with Crippen LogP contribution in [-0.4, -0.2) is 31.7 Å². The van der Waals surface area contributed by atoms with Crippen molar-refractivity contribution < 1.29 is 18.5 Å². The van der Waals surface area contributed by atoms with E-state index in [0.29, 0.717) is 17.8 Å². The highest BCUT2D eigenvalue weighted by atomic mass is 16.7. The van der Waals surface area contributed by atoms with Crippen molar-refractivity contribution in [2.75, 3.05) is 0 Å². The smallest absolute Gasteiger partial charge is 0.464 e. The lowest BCUT2D eigenvalue weighted by Gasteiger charge is -2.60. The van der Waals surface area contributed by atoms with E-state index in [1.807, 2.05) is 24.3 Å². The first-order valence-corrected chi connectivity index (χ1v) is 9.53. The lowest BCUT2D eigenvalue weighted by molar-refractivity contribution is -0.150. The first kappa shape index (κ1) is 16.4. The zero-order valence-electron chi connectivity index (χ0n) is 15.2. The minimum absolute atomic E-state index is 0.150. The third-order valence-electron chi connectivity index (χ3n) is 7.04. The molecule has 5 nitrogen and oxygen atoms in total. The van der Waals surface area contributed by atoms with Crippen LogP contribution in [0.4, 0.5) is 0 Å². The van der Waals surface area contributed by atoms with Crippen LogP contribution < -0.4 is 5.32 Å². The van der Waals surface area contributed by atoms with Gasteiger partial charge in [0.1, 0.15) is 5.58 Å². The number of nitrogens with one attached hydrogen (secondary N) is 1. The van der Waals surface area contributed by atoms with E-state index in [2.05, 4.69) is 19.2 Å². The number of carbonyl (C=O) groups excluding carboxylic acids is 1. The van der Waals surface area contributed by atoms with Crippen molar-refractivity contribution >= 4 is 24.5 Å². The molecule has 5 atom stereocenters. The van der Waals surface area contributed by atoms with Gasteiger partial charge in [-0.05, 0) is 48.1 Å². The van der Waals surface area contributed by atoms with Crippen LogP contribution in [-0.2, 0) is 20.5 Å². The predicted molar refractivity (Wildman–Crippen MR) is 98.4 cm³/mol. The van der Waals surface area contributed by atoms with Crippen molar-refractivity contribution in [3.8, 4) is 0 Å². The average Bonchev–Trinajstić information content (AvgIpc) is 3.25. The van der Waals surface area contributed by atoms with Crippen molar-refractivity contribution in [3.63, 3.8) is 0 Å². The molecular formula is C20H24BNO4. The first-order valence-electron chi connectivity index (χ1n) is 9.53. The number of hydrogen-bond acceptors (Lipinski definition) is 4. The molecule has 1 saturated heterocycles. The summed E-state index contributed by atoms with van der Waals surface area (Å²) in [6.45, 7) is 4.69. The summed E-state index contributed by atoms with van der Waals surface area (Å²) in [6.07, 6.45) is 5.75. The van der Waals surface area contributed by atoms with E-state index < -0.39 is 7.12 Å². The van der Waals surface area contributed by atoms with Crippen LogP contribution >= 0.6 is 0 Å². The molecule has 6 rings (SSSR count). The van der Waals surface area contributed by atoms with E-state index in [-0.39, 0.29) is 18.1 Å². The van der Waals surface area contributed by atoms with E-state index in [4.69, 9.17) is 13.7 Å². The maximum absolute atomic E-state index is 11.2. The molecule has 136 valence electrons. The predicted octanol–water partition coefficient (Wildman–Crippen LogP) is 2.97. The number of furan rings is 1. The van der Waals surface area contributed by atoms with Gasteiger partial charge in [0.05, 0.1) is 24.4 Å². The molecule has 3 saturated carbocycles. The van der Waals surface area contributed by atoms with Gasteiger partial charge in [-0.25, -0.2) is 0 Å². The highest BCUT2D eigenvalue weighted by molar-refractivity contribution is 6.47. The molecule has 4 aliphatic rings. The van der Waals surface area contributed by atoms with Gasteiger partial charge >= 0.3 is 7.12 Å². The summed E-state index contributed by atoms with van der Waals surface area (Å²) in [4.78, 5) is 11.2. The number of para-hydroxylation sites is 1. The van der Waals surface area contributed by atoms with Crippen molar-refractivity contribution in [2.24, 2.45) is 17.3 Å². The molecule has 6 heteroatoms. The third-order valence-corrected chi connectivity index (χ3v) is 7.04.